The van der Waals surface area contributed by atoms with Crippen molar-refractivity contribution >= 4 is 15.9 Å². The van der Waals surface area contributed by atoms with Crippen molar-refractivity contribution in [1.29, 1.82) is 0 Å². The molecule has 0 spiro atoms. The third kappa shape index (κ3) is 4.77. The summed E-state index contributed by atoms with van der Waals surface area (Å²) in [7, 11) is 0. The van der Waals surface area contributed by atoms with E-state index in [1.54, 1.807) is 0 Å². The Kier molecular flexibility index (Phi) is 5.81. The van der Waals surface area contributed by atoms with Crippen LogP contribution in [0.4, 0.5) is 0 Å². The van der Waals surface area contributed by atoms with Crippen LogP contribution in [0.15, 0.2) is 59.1 Å². The summed E-state index contributed by atoms with van der Waals surface area (Å²) in [4.78, 5) is 0. The van der Waals surface area contributed by atoms with Gasteiger partial charge < -0.3 is 5.32 Å². The van der Waals surface area contributed by atoms with Crippen molar-refractivity contribution in [2.24, 2.45) is 0 Å². The molecule has 0 aliphatic rings. The molecule has 1 N–H and O–H groups in total. The van der Waals surface area contributed by atoms with Gasteiger partial charge in [0.15, 0.2) is 0 Å². The van der Waals surface area contributed by atoms with Crippen LogP contribution in [0.5, 0.6) is 0 Å². The lowest BCUT2D eigenvalue weighted by atomic mass is 10.0. The van der Waals surface area contributed by atoms with Crippen molar-refractivity contribution in [3.05, 3.63) is 70.2 Å². The molecule has 0 aliphatic heterocycles. The largest absolute Gasteiger partial charge is 0.308 e. The van der Waals surface area contributed by atoms with Crippen LogP contribution in [0.3, 0.4) is 0 Å². The quantitative estimate of drug-likeness (QED) is 0.774. The standard InChI is InChI=1S/C18H22BrN/c1-14(8-9-16-6-4-3-5-7-16)20-15(2)17-10-12-18(19)13-11-17/h3-7,10-15,20H,8-9H2,1-2H3. The maximum absolute atomic E-state index is 3.67. The van der Waals surface area contributed by atoms with Gasteiger partial charge in [-0.1, -0.05) is 58.4 Å². The Morgan fingerprint density at radius 1 is 0.950 bits per heavy atom. The van der Waals surface area contributed by atoms with Crippen molar-refractivity contribution in [2.45, 2.75) is 38.8 Å². The van der Waals surface area contributed by atoms with Gasteiger partial charge in [0.05, 0.1) is 0 Å². The summed E-state index contributed by atoms with van der Waals surface area (Å²) >= 11 is 3.48. The van der Waals surface area contributed by atoms with Crippen LogP contribution in [-0.4, -0.2) is 6.04 Å². The Balaban J connectivity index is 1.82. The summed E-state index contributed by atoms with van der Waals surface area (Å²) in [5, 5.41) is 3.67. The third-order valence-corrected chi connectivity index (χ3v) is 4.14. The minimum atomic E-state index is 0.383. The summed E-state index contributed by atoms with van der Waals surface area (Å²) in [5.74, 6) is 0. The number of rotatable bonds is 6. The highest BCUT2D eigenvalue weighted by Crippen LogP contribution is 2.17. The maximum Gasteiger partial charge on any atom is 0.0294 e. The molecule has 0 aromatic heterocycles. The van der Waals surface area contributed by atoms with Gasteiger partial charge in [-0.3, -0.25) is 0 Å². The van der Waals surface area contributed by atoms with E-state index in [4.69, 9.17) is 0 Å². The van der Waals surface area contributed by atoms with Crippen LogP contribution in [0, 0.1) is 0 Å². The van der Waals surface area contributed by atoms with Crippen LogP contribution in [0.25, 0.3) is 0 Å². The highest BCUT2D eigenvalue weighted by molar-refractivity contribution is 9.10. The minimum absolute atomic E-state index is 0.383. The van der Waals surface area contributed by atoms with Gasteiger partial charge in [-0.15, -0.1) is 0 Å². The summed E-state index contributed by atoms with van der Waals surface area (Å²) < 4.78 is 1.13. The first-order valence-electron chi connectivity index (χ1n) is 7.20. The SMILES string of the molecule is CC(CCc1ccccc1)NC(C)c1ccc(Br)cc1. The van der Waals surface area contributed by atoms with Gasteiger partial charge in [0.25, 0.3) is 0 Å². The number of hydrogen-bond acceptors (Lipinski definition) is 1. The summed E-state index contributed by atoms with van der Waals surface area (Å²) in [5.41, 5.74) is 2.75. The summed E-state index contributed by atoms with van der Waals surface area (Å²) in [6.07, 6.45) is 2.28. The molecular formula is C18H22BrN. The number of hydrogen-bond donors (Lipinski definition) is 1. The Bertz CT molecular complexity index is 507. The zero-order valence-corrected chi connectivity index (χ0v) is 13.7. The highest BCUT2D eigenvalue weighted by atomic mass is 79.9. The third-order valence-electron chi connectivity index (χ3n) is 3.61. The molecule has 0 saturated carbocycles. The van der Waals surface area contributed by atoms with E-state index in [0.717, 1.165) is 17.3 Å². The molecular weight excluding hydrogens is 310 g/mol. The molecule has 0 heterocycles. The van der Waals surface area contributed by atoms with Crippen LogP contribution in [0.1, 0.15) is 37.4 Å². The average Bonchev–Trinajstić information content (AvgIpc) is 2.47. The van der Waals surface area contributed by atoms with E-state index in [9.17, 15) is 0 Å². The van der Waals surface area contributed by atoms with E-state index < -0.39 is 0 Å². The lowest BCUT2D eigenvalue weighted by molar-refractivity contribution is 0.456. The van der Waals surface area contributed by atoms with Crippen LogP contribution in [0.2, 0.25) is 0 Å². The summed E-state index contributed by atoms with van der Waals surface area (Å²) in [6.45, 7) is 4.49. The Labute approximate surface area is 130 Å². The fraction of sp³-hybridized carbons (Fsp3) is 0.333. The van der Waals surface area contributed by atoms with E-state index >= 15 is 0 Å². The normalized spacial score (nSPS) is 13.9. The average molecular weight is 332 g/mol. The topological polar surface area (TPSA) is 12.0 Å². The monoisotopic (exact) mass is 331 g/mol. The van der Waals surface area contributed by atoms with Gasteiger partial charge in [0, 0.05) is 16.6 Å². The fourth-order valence-corrected chi connectivity index (χ4v) is 2.65. The van der Waals surface area contributed by atoms with Crippen LogP contribution in [-0.2, 0) is 6.42 Å². The molecule has 106 valence electrons. The molecule has 0 saturated heterocycles. The number of halogens is 1. The van der Waals surface area contributed by atoms with Gasteiger partial charge in [-0.2, -0.15) is 0 Å². The second kappa shape index (κ2) is 7.61. The predicted octanol–water partition coefficient (Wildman–Crippen LogP) is 5.12. The molecule has 0 aliphatic carbocycles. The molecule has 2 aromatic carbocycles. The maximum atomic E-state index is 3.67. The molecule has 2 rings (SSSR count). The first-order chi connectivity index (χ1) is 9.65. The van der Waals surface area contributed by atoms with Gasteiger partial charge in [-0.25, -0.2) is 0 Å². The molecule has 1 nitrogen and oxygen atoms in total. The summed E-state index contributed by atoms with van der Waals surface area (Å²) in [6, 6.07) is 20.1. The molecule has 20 heavy (non-hydrogen) atoms. The van der Waals surface area contributed by atoms with E-state index in [2.05, 4.69) is 89.7 Å². The van der Waals surface area contributed by atoms with Gasteiger partial charge >= 0.3 is 0 Å². The number of nitrogens with one attached hydrogen (secondary N) is 1. The predicted molar refractivity (Wildman–Crippen MR) is 89.9 cm³/mol. The lowest BCUT2D eigenvalue weighted by Crippen LogP contribution is -2.29. The molecule has 2 heteroatoms. The molecule has 2 atom stereocenters. The second-order valence-corrected chi connectivity index (χ2v) is 6.28. The smallest absolute Gasteiger partial charge is 0.0294 e. The van der Waals surface area contributed by atoms with Gasteiger partial charge in [0.2, 0.25) is 0 Å². The van der Waals surface area contributed by atoms with Crippen LogP contribution >= 0.6 is 15.9 Å². The molecule has 2 unspecified atom stereocenters. The van der Waals surface area contributed by atoms with Gasteiger partial charge in [0.1, 0.15) is 0 Å². The molecule has 2 aromatic rings. The molecule has 0 amide bonds. The molecule has 0 radical (unpaired) electrons. The zero-order valence-electron chi connectivity index (χ0n) is 12.1. The van der Waals surface area contributed by atoms with E-state index in [1.807, 2.05) is 0 Å². The first kappa shape index (κ1) is 15.3. The van der Waals surface area contributed by atoms with Crippen LogP contribution < -0.4 is 5.32 Å². The fourth-order valence-electron chi connectivity index (χ4n) is 2.39. The van der Waals surface area contributed by atoms with Crippen molar-refractivity contribution < 1.29 is 0 Å². The van der Waals surface area contributed by atoms with Gasteiger partial charge in [-0.05, 0) is 49.9 Å². The number of benzene rings is 2. The van der Waals surface area contributed by atoms with Crippen molar-refractivity contribution in [1.82, 2.24) is 5.32 Å². The number of aryl methyl sites for hydroxylation is 1. The molecule has 0 bridgehead atoms. The Hall–Kier alpha value is -1.12. The minimum Gasteiger partial charge on any atom is -0.308 e. The van der Waals surface area contributed by atoms with Crippen molar-refractivity contribution in [2.75, 3.05) is 0 Å². The Morgan fingerprint density at radius 3 is 2.25 bits per heavy atom. The zero-order chi connectivity index (χ0) is 14.4. The van der Waals surface area contributed by atoms with E-state index in [0.29, 0.717) is 12.1 Å². The van der Waals surface area contributed by atoms with E-state index in [1.165, 1.54) is 11.1 Å². The van der Waals surface area contributed by atoms with Crippen molar-refractivity contribution in [3.8, 4) is 0 Å². The second-order valence-electron chi connectivity index (χ2n) is 5.37. The molecule has 0 fully saturated rings. The van der Waals surface area contributed by atoms with E-state index in [-0.39, 0.29) is 0 Å². The lowest BCUT2D eigenvalue weighted by Gasteiger charge is -2.20. The Morgan fingerprint density at radius 2 is 1.60 bits per heavy atom. The van der Waals surface area contributed by atoms with Crippen molar-refractivity contribution in [3.63, 3.8) is 0 Å². The highest BCUT2D eigenvalue weighted by Gasteiger charge is 2.09. The first-order valence-corrected chi connectivity index (χ1v) is 8.00.